The molecular formula is C18H23ClFN3O. The molecule has 0 aliphatic heterocycles. The highest BCUT2D eigenvalue weighted by Crippen LogP contribution is 2.20. The van der Waals surface area contributed by atoms with E-state index in [4.69, 9.17) is 11.6 Å². The number of aromatic nitrogens is 1. The summed E-state index contributed by atoms with van der Waals surface area (Å²) in [5.74, 6) is 0.396. The molecule has 0 fully saturated rings. The number of aliphatic hydroxyl groups excluding tert-OH is 1. The second-order valence-electron chi connectivity index (χ2n) is 6.05. The van der Waals surface area contributed by atoms with Crippen LogP contribution in [0.5, 0.6) is 0 Å². The molecule has 0 saturated carbocycles. The molecule has 2 aromatic rings. The van der Waals surface area contributed by atoms with Gasteiger partial charge in [0.1, 0.15) is 11.6 Å². The Kier molecular flexibility index (Phi) is 6.54. The summed E-state index contributed by atoms with van der Waals surface area (Å²) in [6, 6.07) is 8.69. The highest BCUT2D eigenvalue weighted by molar-refractivity contribution is 6.30. The number of benzene rings is 1. The van der Waals surface area contributed by atoms with Crippen LogP contribution in [0, 0.1) is 5.82 Å². The Morgan fingerprint density at radius 3 is 2.62 bits per heavy atom. The van der Waals surface area contributed by atoms with E-state index in [2.05, 4.69) is 29.0 Å². The number of aliphatic hydroxyl groups is 1. The zero-order valence-electron chi connectivity index (χ0n) is 14.1. The average Bonchev–Trinajstić information content (AvgIpc) is 2.57. The zero-order chi connectivity index (χ0) is 17.7. The van der Waals surface area contributed by atoms with Crippen LogP contribution < -0.4 is 10.2 Å². The van der Waals surface area contributed by atoms with E-state index in [-0.39, 0.29) is 5.02 Å². The second kappa shape index (κ2) is 8.42. The fourth-order valence-electron chi connectivity index (χ4n) is 2.19. The lowest BCUT2D eigenvalue weighted by Gasteiger charge is -2.22. The number of rotatable bonds is 7. The zero-order valence-corrected chi connectivity index (χ0v) is 14.9. The third kappa shape index (κ3) is 4.90. The van der Waals surface area contributed by atoms with Crippen LogP contribution in [-0.2, 0) is 6.54 Å². The molecule has 1 aromatic carbocycles. The second-order valence-corrected chi connectivity index (χ2v) is 6.46. The van der Waals surface area contributed by atoms with E-state index in [0.717, 1.165) is 11.4 Å². The van der Waals surface area contributed by atoms with Gasteiger partial charge < -0.3 is 15.3 Å². The molecule has 0 spiro atoms. The Morgan fingerprint density at radius 2 is 2.04 bits per heavy atom. The molecule has 2 rings (SSSR count). The summed E-state index contributed by atoms with van der Waals surface area (Å²) >= 11 is 5.64. The highest BCUT2D eigenvalue weighted by atomic mass is 35.5. The van der Waals surface area contributed by atoms with Crippen LogP contribution in [0.2, 0.25) is 5.02 Å². The maximum atomic E-state index is 13.4. The van der Waals surface area contributed by atoms with E-state index in [9.17, 15) is 9.50 Å². The molecule has 130 valence electrons. The maximum Gasteiger partial charge on any atom is 0.142 e. The van der Waals surface area contributed by atoms with Crippen molar-refractivity contribution in [3.8, 4) is 0 Å². The number of nitrogens with one attached hydrogen (secondary N) is 1. The van der Waals surface area contributed by atoms with Crippen LogP contribution in [0.15, 0.2) is 36.5 Å². The molecular weight excluding hydrogens is 329 g/mol. The first-order valence-corrected chi connectivity index (χ1v) is 8.27. The molecule has 0 bridgehead atoms. The topological polar surface area (TPSA) is 48.4 Å². The normalized spacial score (nSPS) is 12.5. The number of halogens is 2. The van der Waals surface area contributed by atoms with E-state index >= 15 is 0 Å². The molecule has 1 heterocycles. The van der Waals surface area contributed by atoms with Gasteiger partial charge in [-0.1, -0.05) is 23.7 Å². The van der Waals surface area contributed by atoms with Crippen molar-refractivity contribution in [3.63, 3.8) is 0 Å². The van der Waals surface area contributed by atoms with Gasteiger partial charge in [0.05, 0.1) is 11.1 Å². The fraction of sp³-hybridized carbons (Fsp3) is 0.389. The third-order valence-corrected chi connectivity index (χ3v) is 4.25. The predicted octanol–water partition coefficient (Wildman–Crippen LogP) is 3.54. The standard InChI is InChI=1S/C18H23ClFN3O/c1-12(2)23(3)18-7-4-13(10-22-18)9-21-11-17(24)14-5-6-15(19)16(20)8-14/h4-8,10,12,17,21,24H,9,11H2,1-3H3/t17-/m0/s1. The molecule has 0 saturated heterocycles. The number of pyridine rings is 1. The highest BCUT2D eigenvalue weighted by Gasteiger charge is 2.10. The summed E-state index contributed by atoms with van der Waals surface area (Å²) in [5.41, 5.74) is 1.52. The van der Waals surface area contributed by atoms with Gasteiger partial charge in [0.2, 0.25) is 0 Å². The van der Waals surface area contributed by atoms with Gasteiger partial charge in [-0.15, -0.1) is 0 Å². The van der Waals surface area contributed by atoms with Crippen molar-refractivity contribution in [3.05, 3.63) is 58.5 Å². The van der Waals surface area contributed by atoms with Crippen LogP contribution >= 0.6 is 11.6 Å². The molecule has 0 aliphatic rings. The third-order valence-electron chi connectivity index (χ3n) is 3.94. The molecule has 4 nitrogen and oxygen atoms in total. The average molecular weight is 352 g/mol. The molecule has 0 radical (unpaired) electrons. The summed E-state index contributed by atoms with van der Waals surface area (Å²) in [5, 5.41) is 13.3. The van der Waals surface area contributed by atoms with Gasteiger partial charge in [0, 0.05) is 32.4 Å². The molecule has 0 amide bonds. The van der Waals surface area contributed by atoms with Gasteiger partial charge in [-0.2, -0.15) is 0 Å². The van der Waals surface area contributed by atoms with Gasteiger partial charge >= 0.3 is 0 Å². The Balaban J connectivity index is 1.86. The minimum absolute atomic E-state index is 0.0523. The van der Waals surface area contributed by atoms with E-state index in [1.165, 1.54) is 12.1 Å². The first kappa shape index (κ1) is 18.6. The Hall–Kier alpha value is -1.69. The van der Waals surface area contributed by atoms with Crippen LogP contribution in [0.1, 0.15) is 31.1 Å². The largest absolute Gasteiger partial charge is 0.387 e. The van der Waals surface area contributed by atoms with Crippen molar-refractivity contribution in [2.24, 2.45) is 0 Å². The van der Waals surface area contributed by atoms with Crippen molar-refractivity contribution < 1.29 is 9.50 Å². The number of hydrogen-bond donors (Lipinski definition) is 2. The monoisotopic (exact) mass is 351 g/mol. The van der Waals surface area contributed by atoms with E-state index in [1.807, 2.05) is 25.4 Å². The number of anilines is 1. The Bertz CT molecular complexity index is 664. The van der Waals surface area contributed by atoms with Gasteiger partial charge in [-0.05, 0) is 43.2 Å². The summed E-state index contributed by atoms with van der Waals surface area (Å²) in [7, 11) is 2.01. The van der Waals surface area contributed by atoms with Gasteiger partial charge in [0.25, 0.3) is 0 Å². The molecule has 0 unspecified atom stereocenters. The van der Waals surface area contributed by atoms with Crippen molar-refractivity contribution in [1.29, 1.82) is 0 Å². The van der Waals surface area contributed by atoms with E-state index < -0.39 is 11.9 Å². The van der Waals surface area contributed by atoms with E-state index in [0.29, 0.717) is 24.7 Å². The quantitative estimate of drug-likeness (QED) is 0.801. The first-order chi connectivity index (χ1) is 11.4. The maximum absolute atomic E-state index is 13.4. The van der Waals surface area contributed by atoms with Crippen molar-refractivity contribution in [1.82, 2.24) is 10.3 Å². The first-order valence-electron chi connectivity index (χ1n) is 7.90. The minimum Gasteiger partial charge on any atom is -0.387 e. The van der Waals surface area contributed by atoms with Crippen LogP contribution in [0.3, 0.4) is 0 Å². The van der Waals surface area contributed by atoms with E-state index in [1.54, 1.807) is 6.07 Å². The van der Waals surface area contributed by atoms with Crippen molar-refractivity contribution >= 4 is 17.4 Å². The molecule has 24 heavy (non-hydrogen) atoms. The predicted molar refractivity (Wildman–Crippen MR) is 95.9 cm³/mol. The molecule has 2 N–H and O–H groups in total. The van der Waals surface area contributed by atoms with Crippen molar-refractivity contribution in [2.45, 2.75) is 32.5 Å². The lowest BCUT2D eigenvalue weighted by molar-refractivity contribution is 0.174. The fourth-order valence-corrected chi connectivity index (χ4v) is 2.30. The summed E-state index contributed by atoms with van der Waals surface area (Å²) in [4.78, 5) is 6.53. The Labute approximate surface area is 147 Å². The summed E-state index contributed by atoms with van der Waals surface area (Å²) < 4.78 is 13.4. The molecule has 1 aromatic heterocycles. The smallest absolute Gasteiger partial charge is 0.142 e. The van der Waals surface area contributed by atoms with Crippen LogP contribution in [-0.4, -0.2) is 29.7 Å². The SMILES string of the molecule is CC(C)N(C)c1ccc(CNC[C@H](O)c2ccc(Cl)c(F)c2)cn1. The molecule has 1 atom stereocenters. The molecule has 0 aliphatic carbocycles. The number of nitrogens with zero attached hydrogens (tertiary/aromatic N) is 2. The molecule has 6 heteroatoms. The van der Waals surface area contributed by atoms with Gasteiger partial charge in [0.15, 0.2) is 0 Å². The lowest BCUT2D eigenvalue weighted by atomic mass is 10.1. The van der Waals surface area contributed by atoms with Gasteiger partial charge in [-0.25, -0.2) is 9.37 Å². The van der Waals surface area contributed by atoms with Crippen LogP contribution in [0.4, 0.5) is 10.2 Å². The van der Waals surface area contributed by atoms with Crippen molar-refractivity contribution in [2.75, 3.05) is 18.5 Å². The van der Waals surface area contributed by atoms with Crippen LogP contribution in [0.25, 0.3) is 0 Å². The number of hydrogen-bond acceptors (Lipinski definition) is 4. The Morgan fingerprint density at radius 1 is 1.29 bits per heavy atom. The lowest BCUT2D eigenvalue weighted by Crippen LogP contribution is -2.26. The summed E-state index contributed by atoms with van der Waals surface area (Å²) in [6.07, 6.45) is 1.02. The minimum atomic E-state index is -0.795. The summed E-state index contributed by atoms with van der Waals surface area (Å²) in [6.45, 7) is 5.11. The van der Waals surface area contributed by atoms with Gasteiger partial charge in [-0.3, -0.25) is 0 Å².